The van der Waals surface area contributed by atoms with Crippen LogP contribution >= 0.6 is 31.9 Å². The van der Waals surface area contributed by atoms with Gasteiger partial charge in [0.25, 0.3) is 5.91 Å². The molecule has 3 aromatic rings. The number of piperazine rings is 1. The largest absolute Gasteiger partial charge is 0.506 e. The fourth-order valence-electron chi connectivity index (χ4n) is 3.33. The van der Waals surface area contributed by atoms with Crippen LogP contribution < -0.4 is 9.79 Å². The molecule has 1 saturated heterocycles. The van der Waals surface area contributed by atoms with Gasteiger partial charge in [0, 0.05) is 37.8 Å². The molecule has 30 heavy (non-hydrogen) atoms. The normalized spacial score (nSPS) is 14.1. The molecule has 2 heterocycles. The number of hydrogen-bond donors (Lipinski definition) is 2. The lowest BCUT2D eigenvalue weighted by Gasteiger charge is -2.36. The van der Waals surface area contributed by atoms with Crippen LogP contribution in [0.5, 0.6) is 11.5 Å². The van der Waals surface area contributed by atoms with Crippen molar-refractivity contribution in [3.05, 3.63) is 57.1 Å². The zero-order chi connectivity index (χ0) is 21.3. The Morgan fingerprint density at radius 3 is 2.40 bits per heavy atom. The molecule has 1 aliphatic rings. The standard InChI is InChI=1S/C20H17Br2N3O5/c21-13-9-12(10-14(22)19(13)26)18-11-15(23-29-18)20(27)25-7-5-24(6-8-25)16-3-1-2-4-17(16)30-28/h1-4,9-11,26,28H,5-8H2. The van der Waals surface area contributed by atoms with Gasteiger partial charge in [0.05, 0.1) is 14.6 Å². The minimum absolute atomic E-state index is 0.0839. The van der Waals surface area contributed by atoms with Crippen LogP contribution in [0, 0.1) is 0 Å². The second-order valence-corrected chi connectivity index (χ2v) is 8.41. The zero-order valence-electron chi connectivity index (χ0n) is 15.6. The SMILES string of the molecule is O=C(c1cc(-c2cc(Br)c(O)c(Br)c2)on1)N1CCN(c2ccccc2OO)CC1. The number of amides is 1. The van der Waals surface area contributed by atoms with E-state index in [9.17, 15) is 9.90 Å². The van der Waals surface area contributed by atoms with E-state index in [1.54, 1.807) is 35.2 Å². The van der Waals surface area contributed by atoms with Crippen molar-refractivity contribution >= 4 is 43.5 Å². The molecule has 2 N–H and O–H groups in total. The molecular weight excluding hydrogens is 522 g/mol. The van der Waals surface area contributed by atoms with Crippen molar-refractivity contribution in [2.45, 2.75) is 0 Å². The van der Waals surface area contributed by atoms with Crippen molar-refractivity contribution in [3.63, 3.8) is 0 Å². The summed E-state index contributed by atoms with van der Waals surface area (Å²) in [5.74, 6) is 0.672. The fourth-order valence-corrected chi connectivity index (χ4v) is 4.51. The summed E-state index contributed by atoms with van der Waals surface area (Å²) in [6, 6.07) is 12.2. The van der Waals surface area contributed by atoms with Crippen LogP contribution in [0.3, 0.4) is 0 Å². The molecule has 1 fully saturated rings. The molecule has 0 aliphatic carbocycles. The summed E-state index contributed by atoms with van der Waals surface area (Å²) in [4.78, 5) is 21.1. The van der Waals surface area contributed by atoms with Gasteiger partial charge >= 0.3 is 0 Å². The van der Waals surface area contributed by atoms with Crippen LogP contribution in [0.25, 0.3) is 11.3 Å². The Hall–Kier alpha value is -2.56. The summed E-state index contributed by atoms with van der Waals surface area (Å²) in [6.07, 6.45) is 0. The predicted molar refractivity (Wildman–Crippen MR) is 117 cm³/mol. The Morgan fingerprint density at radius 2 is 1.73 bits per heavy atom. The van der Waals surface area contributed by atoms with E-state index in [2.05, 4.69) is 46.8 Å². The van der Waals surface area contributed by atoms with Crippen molar-refractivity contribution in [1.29, 1.82) is 0 Å². The predicted octanol–water partition coefficient (Wildman–Crippen LogP) is 4.39. The lowest BCUT2D eigenvalue weighted by molar-refractivity contribution is -0.137. The molecule has 10 heteroatoms. The Bertz CT molecular complexity index is 1060. The molecule has 0 bridgehead atoms. The van der Waals surface area contributed by atoms with Gasteiger partial charge in [-0.25, -0.2) is 5.26 Å². The molecule has 2 aromatic carbocycles. The number of aromatic hydroxyl groups is 1. The van der Waals surface area contributed by atoms with Gasteiger partial charge in [-0.2, -0.15) is 0 Å². The number of rotatable bonds is 4. The van der Waals surface area contributed by atoms with Crippen LogP contribution in [0.1, 0.15) is 10.5 Å². The lowest BCUT2D eigenvalue weighted by Crippen LogP contribution is -2.49. The first-order valence-electron chi connectivity index (χ1n) is 9.07. The number of para-hydroxylation sites is 2. The van der Waals surface area contributed by atoms with E-state index in [-0.39, 0.29) is 17.4 Å². The van der Waals surface area contributed by atoms with E-state index >= 15 is 0 Å². The van der Waals surface area contributed by atoms with Crippen molar-refractivity contribution < 1.29 is 24.6 Å². The minimum Gasteiger partial charge on any atom is -0.506 e. The number of aromatic nitrogens is 1. The molecule has 4 rings (SSSR count). The molecule has 8 nitrogen and oxygen atoms in total. The first kappa shape index (κ1) is 20.7. The third-order valence-corrected chi connectivity index (χ3v) is 6.11. The first-order chi connectivity index (χ1) is 14.5. The van der Waals surface area contributed by atoms with Crippen LogP contribution in [-0.4, -0.2) is 52.5 Å². The first-order valence-corrected chi connectivity index (χ1v) is 10.7. The van der Waals surface area contributed by atoms with Gasteiger partial charge in [-0.05, 0) is 56.1 Å². The van der Waals surface area contributed by atoms with Crippen LogP contribution in [0.4, 0.5) is 5.69 Å². The topological polar surface area (TPSA) is 99.3 Å². The number of hydrogen-bond acceptors (Lipinski definition) is 7. The van der Waals surface area contributed by atoms with Crippen LogP contribution in [0.2, 0.25) is 0 Å². The van der Waals surface area contributed by atoms with Crippen molar-refractivity contribution in [1.82, 2.24) is 10.1 Å². The summed E-state index contributed by atoms with van der Waals surface area (Å²) < 4.78 is 6.36. The third kappa shape index (κ3) is 4.03. The van der Waals surface area contributed by atoms with Gasteiger partial charge in [0.15, 0.2) is 17.2 Å². The molecule has 0 radical (unpaired) electrons. The molecule has 156 valence electrons. The molecule has 1 aliphatic heterocycles. The van der Waals surface area contributed by atoms with Crippen LogP contribution in [0.15, 0.2) is 55.9 Å². The maximum Gasteiger partial charge on any atom is 0.276 e. The summed E-state index contributed by atoms with van der Waals surface area (Å²) >= 11 is 6.56. The summed E-state index contributed by atoms with van der Waals surface area (Å²) in [5.41, 5.74) is 1.67. The summed E-state index contributed by atoms with van der Waals surface area (Å²) in [6.45, 7) is 2.18. The monoisotopic (exact) mass is 537 g/mol. The van der Waals surface area contributed by atoms with E-state index < -0.39 is 0 Å². The number of halogens is 2. The van der Waals surface area contributed by atoms with E-state index in [1.807, 2.05) is 12.1 Å². The summed E-state index contributed by atoms with van der Waals surface area (Å²) in [7, 11) is 0. The Balaban J connectivity index is 1.45. The highest BCUT2D eigenvalue weighted by molar-refractivity contribution is 9.11. The highest BCUT2D eigenvalue weighted by atomic mass is 79.9. The molecule has 0 spiro atoms. The number of nitrogens with zero attached hydrogens (tertiary/aromatic N) is 3. The van der Waals surface area contributed by atoms with Crippen LogP contribution in [-0.2, 0) is 0 Å². The molecule has 0 unspecified atom stereocenters. The molecule has 0 atom stereocenters. The van der Waals surface area contributed by atoms with Gasteiger partial charge in [-0.15, -0.1) is 0 Å². The number of carbonyl (C=O) groups excluding carboxylic acids is 1. The van der Waals surface area contributed by atoms with Crippen molar-refractivity contribution in [3.8, 4) is 22.8 Å². The zero-order valence-corrected chi connectivity index (χ0v) is 18.8. The van der Waals surface area contributed by atoms with Gasteiger partial charge in [0.1, 0.15) is 5.75 Å². The van der Waals surface area contributed by atoms with Gasteiger partial charge < -0.3 is 24.3 Å². The lowest BCUT2D eigenvalue weighted by atomic mass is 10.1. The molecular formula is C20H17Br2N3O5. The second-order valence-electron chi connectivity index (χ2n) is 6.70. The number of carbonyl (C=O) groups is 1. The average molecular weight is 539 g/mol. The second kappa shape index (κ2) is 8.66. The minimum atomic E-state index is -0.215. The van der Waals surface area contributed by atoms with Crippen molar-refractivity contribution in [2.75, 3.05) is 31.1 Å². The Morgan fingerprint density at radius 1 is 1.07 bits per heavy atom. The smallest absolute Gasteiger partial charge is 0.276 e. The molecule has 0 saturated carbocycles. The Kier molecular flexibility index (Phi) is 5.98. The number of phenolic OH excluding ortho intramolecular Hbond substituents is 1. The average Bonchev–Trinajstić information content (AvgIpc) is 3.27. The third-order valence-electron chi connectivity index (χ3n) is 4.90. The highest BCUT2D eigenvalue weighted by Crippen LogP contribution is 2.37. The maximum atomic E-state index is 12.9. The van der Waals surface area contributed by atoms with E-state index in [0.717, 1.165) is 5.69 Å². The van der Waals surface area contributed by atoms with E-state index in [4.69, 9.17) is 9.78 Å². The van der Waals surface area contributed by atoms with Crippen molar-refractivity contribution in [2.24, 2.45) is 0 Å². The Labute approximate surface area is 188 Å². The molecule has 1 amide bonds. The highest BCUT2D eigenvalue weighted by Gasteiger charge is 2.26. The van der Waals surface area contributed by atoms with Gasteiger partial charge in [0.2, 0.25) is 0 Å². The number of anilines is 1. The number of benzene rings is 2. The van der Waals surface area contributed by atoms with E-state index in [0.29, 0.717) is 52.2 Å². The molecule has 1 aromatic heterocycles. The number of phenols is 1. The van der Waals surface area contributed by atoms with Gasteiger partial charge in [-0.1, -0.05) is 17.3 Å². The maximum absolute atomic E-state index is 12.9. The fraction of sp³-hybridized carbons (Fsp3) is 0.200. The van der Waals surface area contributed by atoms with E-state index in [1.165, 1.54) is 0 Å². The summed E-state index contributed by atoms with van der Waals surface area (Å²) in [5, 5.41) is 22.8. The quantitative estimate of drug-likeness (QED) is 0.375. The van der Waals surface area contributed by atoms with Gasteiger partial charge in [-0.3, -0.25) is 4.79 Å².